The second-order valence-electron chi connectivity index (χ2n) is 5.48. The molecule has 0 fully saturated rings. The second-order valence-corrected chi connectivity index (χ2v) is 6.68. The zero-order chi connectivity index (χ0) is 19.1. The highest BCUT2D eigenvalue weighted by Crippen LogP contribution is 2.35. The van der Waals surface area contributed by atoms with Gasteiger partial charge in [0.15, 0.2) is 0 Å². The van der Waals surface area contributed by atoms with Gasteiger partial charge in [0, 0.05) is 16.6 Å². The number of thiazole rings is 1. The number of nitrogens with zero attached hydrogens (tertiary/aromatic N) is 3. The summed E-state index contributed by atoms with van der Waals surface area (Å²) in [6.07, 6.45) is -2.15. The van der Waals surface area contributed by atoms with Crippen LogP contribution < -0.4 is 0 Å². The van der Waals surface area contributed by atoms with Crippen LogP contribution in [-0.4, -0.2) is 25.8 Å². The van der Waals surface area contributed by atoms with E-state index in [4.69, 9.17) is 5.11 Å². The van der Waals surface area contributed by atoms with Crippen molar-refractivity contribution < 1.29 is 27.5 Å². The van der Waals surface area contributed by atoms with Crippen LogP contribution in [0.25, 0.3) is 10.6 Å². The standard InChI is InChI=1S/C16H11F4N3O2S/c1-8-13(7-23-6-10(5-21-23)15(24)25)22-14(26-8)9-2-11(16(18,19)20)4-12(17)3-9/h2-6H,7H2,1H3,(H,24,25). The average Bonchev–Trinajstić information content (AvgIpc) is 3.14. The fourth-order valence-electron chi connectivity index (χ4n) is 2.29. The number of aromatic nitrogens is 3. The fraction of sp³-hybridized carbons (Fsp3) is 0.188. The van der Waals surface area contributed by atoms with Gasteiger partial charge in [0.05, 0.1) is 29.6 Å². The molecular formula is C16H11F4N3O2S. The Morgan fingerprint density at radius 3 is 2.65 bits per heavy atom. The quantitative estimate of drug-likeness (QED) is 0.683. The predicted octanol–water partition coefficient (Wildman–Crippen LogP) is 4.22. The minimum Gasteiger partial charge on any atom is -0.478 e. The SMILES string of the molecule is Cc1sc(-c2cc(F)cc(C(F)(F)F)c2)nc1Cn1cc(C(=O)O)cn1. The molecule has 1 N–H and O–H groups in total. The number of aryl methyl sites for hydroxylation is 1. The lowest BCUT2D eigenvalue weighted by molar-refractivity contribution is -0.137. The maximum atomic E-state index is 13.6. The monoisotopic (exact) mass is 385 g/mol. The molecule has 5 nitrogen and oxygen atoms in total. The minimum absolute atomic E-state index is 0.0121. The van der Waals surface area contributed by atoms with Gasteiger partial charge in [-0.25, -0.2) is 14.2 Å². The van der Waals surface area contributed by atoms with Gasteiger partial charge < -0.3 is 5.11 Å². The zero-order valence-corrected chi connectivity index (χ0v) is 14.0. The molecule has 2 aromatic heterocycles. The molecule has 0 spiro atoms. The Hall–Kier alpha value is -2.75. The third-order valence-corrected chi connectivity index (χ3v) is 4.62. The molecule has 0 radical (unpaired) electrons. The van der Waals surface area contributed by atoms with Crippen molar-refractivity contribution in [3.8, 4) is 10.6 Å². The van der Waals surface area contributed by atoms with Gasteiger partial charge in [0.25, 0.3) is 0 Å². The van der Waals surface area contributed by atoms with Crippen LogP contribution in [0.4, 0.5) is 17.6 Å². The van der Waals surface area contributed by atoms with Gasteiger partial charge in [0.2, 0.25) is 0 Å². The van der Waals surface area contributed by atoms with Gasteiger partial charge in [-0.3, -0.25) is 4.68 Å². The number of hydrogen-bond acceptors (Lipinski definition) is 4. The van der Waals surface area contributed by atoms with Crippen molar-refractivity contribution in [2.45, 2.75) is 19.6 Å². The zero-order valence-electron chi connectivity index (χ0n) is 13.2. The van der Waals surface area contributed by atoms with E-state index in [9.17, 15) is 22.4 Å². The molecule has 3 aromatic rings. The van der Waals surface area contributed by atoms with E-state index >= 15 is 0 Å². The lowest BCUT2D eigenvalue weighted by Crippen LogP contribution is -2.05. The molecule has 0 bridgehead atoms. The summed E-state index contributed by atoms with van der Waals surface area (Å²) in [6.45, 7) is 1.87. The van der Waals surface area contributed by atoms with Crippen molar-refractivity contribution in [1.82, 2.24) is 14.8 Å². The minimum atomic E-state index is -4.66. The van der Waals surface area contributed by atoms with Crippen LogP contribution in [0, 0.1) is 12.7 Å². The lowest BCUT2D eigenvalue weighted by Gasteiger charge is -2.08. The highest BCUT2D eigenvalue weighted by atomic mass is 32.1. The number of carbonyl (C=O) groups is 1. The van der Waals surface area contributed by atoms with Crippen LogP contribution in [-0.2, 0) is 12.7 Å². The molecular weight excluding hydrogens is 374 g/mol. The topological polar surface area (TPSA) is 68.0 Å². The Kier molecular flexibility index (Phi) is 4.53. The Morgan fingerprint density at radius 2 is 2.04 bits per heavy atom. The molecule has 0 aliphatic carbocycles. The third-order valence-electron chi connectivity index (χ3n) is 3.56. The largest absolute Gasteiger partial charge is 0.478 e. The number of alkyl halides is 3. The van der Waals surface area contributed by atoms with Gasteiger partial charge in [0.1, 0.15) is 10.8 Å². The lowest BCUT2D eigenvalue weighted by atomic mass is 10.1. The van der Waals surface area contributed by atoms with Crippen LogP contribution in [0.2, 0.25) is 0 Å². The van der Waals surface area contributed by atoms with Crippen LogP contribution in [0.5, 0.6) is 0 Å². The number of hydrogen-bond donors (Lipinski definition) is 1. The molecule has 0 atom stereocenters. The van der Waals surface area contributed by atoms with Gasteiger partial charge >= 0.3 is 12.1 Å². The molecule has 0 aliphatic rings. The summed E-state index contributed by atoms with van der Waals surface area (Å²) in [7, 11) is 0. The van der Waals surface area contributed by atoms with Crippen LogP contribution >= 0.6 is 11.3 Å². The average molecular weight is 385 g/mol. The van der Waals surface area contributed by atoms with Gasteiger partial charge in [-0.1, -0.05) is 0 Å². The summed E-state index contributed by atoms with van der Waals surface area (Å²) in [5.41, 5.74) is -0.524. The van der Waals surface area contributed by atoms with Crippen molar-refractivity contribution in [1.29, 1.82) is 0 Å². The summed E-state index contributed by atoms with van der Waals surface area (Å²) in [4.78, 5) is 15.9. The number of aromatic carboxylic acids is 1. The van der Waals surface area contributed by atoms with Gasteiger partial charge in [-0.15, -0.1) is 11.3 Å². The molecule has 1 aromatic carbocycles. The maximum Gasteiger partial charge on any atom is 0.416 e. The number of benzene rings is 1. The van der Waals surface area contributed by atoms with E-state index in [2.05, 4.69) is 10.1 Å². The molecule has 0 saturated carbocycles. The van der Waals surface area contributed by atoms with E-state index < -0.39 is 23.5 Å². The van der Waals surface area contributed by atoms with Crippen molar-refractivity contribution in [2.75, 3.05) is 0 Å². The predicted molar refractivity (Wildman–Crippen MR) is 85.5 cm³/mol. The normalized spacial score (nSPS) is 11.7. The van der Waals surface area contributed by atoms with Crippen molar-refractivity contribution in [3.63, 3.8) is 0 Å². The second kappa shape index (κ2) is 6.52. The first-order chi connectivity index (χ1) is 12.1. The summed E-state index contributed by atoms with van der Waals surface area (Å²) in [6, 6.07) is 2.28. The molecule has 3 rings (SSSR count). The van der Waals surface area contributed by atoms with E-state index in [1.807, 2.05) is 0 Å². The molecule has 2 heterocycles. The van der Waals surface area contributed by atoms with E-state index in [1.165, 1.54) is 17.1 Å². The molecule has 0 amide bonds. The maximum absolute atomic E-state index is 13.6. The van der Waals surface area contributed by atoms with Crippen LogP contribution in [0.3, 0.4) is 0 Å². The molecule has 26 heavy (non-hydrogen) atoms. The Labute approximate surface area is 148 Å². The van der Waals surface area contributed by atoms with E-state index in [0.717, 1.165) is 23.5 Å². The van der Waals surface area contributed by atoms with Gasteiger partial charge in [-0.2, -0.15) is 18.3 Å². The van der Waals surface area contributed by atoms with Crippen molar-refractivity contribution >= 4 is 17.3 Å². The van der Waals surface area contributed by atoms with Crippen molar-refractivity contribution in [3.05, 3.63) is 58.1 Å². The Balaban J connectivity index is 1.93. The molecule has 0 unspecified atom stereocenters. The first-order valence-corrected chi connectivity index (χ1v) is 8.05. The fourth-order valence-corrected chi connectivity index (χ4v) is 3.20. The highest BCUT2D eigenvalue weighted by molar-refractivity contribution is 7.15. The van der Waals surface area contributed by atoms with Crippen molar-refractivity contribution in [2.24, 2.45) is 0 Å². The summed E-state index contributed by atoms with van der Waals surface area (Å²) in [5, 5.41) is 13.0. The number of carboxylic acid groups (broad SMARTS) is 1. The smallest absolute Gasteiger partial charge is 0.416 e. The summed E-state index contributed by atoms with van der Waals surface area (Å²) >= 11 is 1.13. The van der Waals surface area contributed by atoms with Crippen LogP contribution in [0.1, 0.15) is 26.5 Å². The van der Waals surface area contributed by atoms with E-state index in [1.54, 1.807) is 6.92 Å². The third kappa shape index (κ3) is 3.74. The van der Waals surface area contributed by atoms with E-state index in [0.29, 0.717) is 16.6 Å². The number of halogens is 4. The summed E-state index contributed by atoms with van der Waals surface area (Å²) in [5.74, 6) is -2.12. The highest BCUT2D eigenvalue weighted by Gasteiger charge is 2.31. The van der Waals surface area contributed by atoms with Crippen LogP contribution in [0.15, 0.2) is 30.6 Å². The molecule has 10 heteroatoms. The van der Waals surface area contributed by atoms with Gasteiger partial charge in [-0.05, 0) is 25.1 Å². The first kappa shape index (κ1) is 18.1. The first-order valence-electron chi connectivity index (χ1n) is 7.23. The molecule has 0 aliphatic heterocycles. The molecule has 136 valence electrons. The summed E-state index contributed by atoms with van der Waals surface area (Å²) < 4.78 is 53.5. The number of rotatable bonds is 4. The number of carboxylic acids is 1. The Morgan fingerprint density at radius 1 is 1.31 bits per heavy atom. The van der Waals surface area contributed by atoms with E-state index in [-0.39, 0.29) is 22.7 Å². The Bertz CT molecular complexity index is 978. The molecule has 0 saturated heterocycles.